The summed E-state index contributed by atoms with van der Waals surface area (Å²) in [5.41, 5.74) is 8.09. The van der Waals surface area contributed by atoms with Crippen molar-refractivity contribution in [2.75, 3.05) is 13.1 Å². The highest BCUT2D eigenvalue weighted by Crippen LogP contribution is 2.23. The van der Waals surface area contributed by atoms with Crippen molar-refractivity contribution in [1.29, 1.82) is 0 Å². The fraction of sp³-hybridized carbons (Fsp3) is 0.300. The largest absolute Gasteiger partial charge is 0.366 e. The first kappa shape index (κ1) is 20.7. The fourth-order valence-electron chi connectivity index (χ4n) is 2.73. The van der Waals surface area contributed by atoms with E-state index in [4.69, 9.17) is 5.73 Å². The minimum absolute atomic E-state index is 0. The second kappa shape index (κ2) is 9.84. The number of nitrogens with two attached hydrogens (primary N) is 1. The second-order valence-corrected chi connectivity index (χ2v) is 5.82. The molecule has 5 heteroatoms. The number of benzene rings is 2. The van der Waals surface area contributed by atoms with Crippen LogP contribution in [0.5, 0.6) is 0 Å². The van der Waals surface area contributed by atoms with Gasteiger partial charge >= 0.3 is 0 Å². The molecule has 0 heterocycles. The smallest absolute Gasteiger partial charge is 0.253 e. The zero-order chi connectivity index (χ0) is 17.5. The maximum absolute atomic E-state index is 12.9. The first-order valence-electron chi connectivity index (χ1n) is 8.36. The highest BCUT2D eigenvalue weighted by molar-refractivity contribution is 6.01. The summed E-state index contributed by atoms with van der Waals surface area (Å²) in [5.74, 6) is -0.585. The molecule has 0 fully saturated rings. The van der Waals surface area contributed by atoms with Crippen LogP contribution in [-0.4, -0.2) is 29.8 Å². The van der Waals surface area contributed by atoms with Crippen molar-refractivity contribution in [2.45, 2.75) is 26.7 Å². The monoisotopic (exact) mass is 360 g/mol. The van der Waals surface area contributed by atoms with Crippen LogP contribution in [0.4, 0.5) is 0 Å². The summed E-state index contributed by atoms with van der Waals surface area (Å²) in [4.78, 5) is 26.4. The third-order valence-corrected chi connectivity index (χ3v) is 3.85. The molecule has 0 saturated carbocycles. The van der Waals surface area contributed by atoms with Crippen LogP contribution in [-0.2, 0) is 0 Å². The van der Waals surface area contributed by atoms with Crippen molar-refractivity contribution in [2.24, 2.45) is 5.73 Å². The highest BCUT2D eigenvalue weighted by atomic mass is 35.5. The number of carbonyl (C=O) groups excluding carboxylic acids is 2. The predicted molar refractivity (Wildman–Crippen MR) is 104 cm³/mol. The summed E-state index contributed by atoms with van der Waals surface area (Å²) in [6.45, 7) is 5.50. The van der Waals surface area contributed by atoms with E-state index in [0.717, 1.165) is 24.0 Å². The molecule has 2 aromatic carbocycles. The summed E-state index contributed by atoms with van der Waals surface area (Å²) >= 11 is 0. The molecule has 0 aromatic heterocycles. The van der Waals surface area contributed by atoms with Gasteiger partial charge in [-0.25, -0.2) is 0 Å². The molecule has 2 N–H and O–H groups in total. The Labute approximate surface area is 155 Å². The summed E-state index contributed by atoms with van der Waals surface area (Å²) in [6, 6.07) is 14.8. The Morgan fingerprint density at radius 1 is 0.880 bits per heavy atom. The molecule has 25 heavy (non-hydrogen) atoms. The molecule has 0 aliphatic rings. The molecule has 0 aliphatic carbocycles. The molecular weight excluding hydrogens is 336 g/mol. The Kier molecular flexibility index (Phi) is 8.16. The number of rotatable bonds is 7. The Morgan fingerprint density at radius 2 is 1.44 bits per heavy atom. The molecule has 134 valence electrons. The number of primary amides is 1. The Morgan fingerprint density at radius 3 is 1.96 bits per heavy atom. The van der Waals surface area contributed by atoms with Crippen molar-refractivity contribution >= 4 is 24.2 Å². The van der Waals surface area contributed by atoms with E-state index in [1.165, 1.54) is 0 Å². The van der Waals surface area contributed by atoms with Crippen LogP contribution in [0.25, 0.3) is 11.1 Å². The molecule has 2 rings (SSSR count). The quantitative estimate of drug-likeness (QED) is 0.806. The third kappa shape index (κ3) is 5.33. The topological polar surface area (TPSA) is 63.4 Å². The van der Waals surface area contributed by atoms with Gasteiger partial charge in [-0.05, 0) is 42.2 Å². The number of hydrogen-bond acceptors (Lipinski definition) is 2. The average Bonchev–Trinajstić information content (AvgIpc) is 2.61. The van der Waals surface area contributed by atoms with Gasteiger partial charge in [0.2, 0.25) is 5.91 Å². The van der Waals surface area contributed by atoms with Crippen molar-refractivity contribution in [3.05, 3.63) is 59.7 Å². The Balaban J connectivity index is 0.00000312. The van der Waals surface area contributed by atoms with Gasteiger partial charge in [0.05, 0.1) is 0 Å². The molecule has 0 spiro atoms. The number of amides is 2. The van der Waals surface area contributed by atoms with Crippen LogP contribution in [0.3, 0.4) is 0 Å². The number of hydrogen-bond donors (Lipinski definition) is 1. The van der Waals surface area contributed by atoms with Gasteiger partial charge in [-0.15, -0.1) is 12.4 Å². The van der Waals surface area contributed by atoms with Crippen LogP contribution in [0, 0.1) is 0 Å². The lowest BCUT2D eigenvalue weighted by Gasteiger charge is -2.22. The van der Waals surface area contributed by atoms with Gasteiger partial charge in [-0.3, -0.25) is 9.59 Å². The van der Waals surface area contributed by atoms with Crippen molar-refractivity contribution in [3.8, 4) is 11.1 Å². The normalized spacial score (nSPS) is 10.0. The molecule has 0 aliphatic heterocycles. The SMILES string of the molecule is CCCN(CCC)C(=O)c1cc(C(N)=O)cc(-c2ccccc2)c1.Cl. The van der Waals surface area contributed by atoms with E-state index in [1.54, 1.807) is 12.1 Å². The maximum Gasteiger partial charge on any atom is 0.253 e. The van der Waals surface area contributed by atoms with Crippen LogP contribution in [0.2, 0.25) is 0 Å². The fourth-order valence-corrected chi connectivity index (χ4v) is 2.73. The number of halogens is 1. The molecule has 4 nitrogen and oxygen atoms in total. The zero-order valence-electron chi connectivity index (χ0n) is 14.7. The van der Waals surface area contributed by atoms with Gasteiger partial charge in [-0.2, -0.15) is 0 Å². The molecular formula is C20H25ClN2O2. The summed E-state index contributed by atoms with van der Waals surface area (Å²) in [5, 5.41) is 0. The molecule has 2 aromatic rings. The Bertz CT molecular complexity index is 711. The summed E-state index contributed by atoms with van der Waals surface area (Å²) in [6.07, 6.45) is 1.79. The molecule has 0 atom stereocenters. The van der Waals surface area contributed by atoms with E-state index >= 15 is 0 Å². The zero-order valence-corrected chi connectivity index (χ0v) is 15.5. The highest BCUT2D eigenvalue weighted by Gasteiger charge is 2.17. The average molecular weight is 361 g/mol. The Hall–Kier alpha value is -2.33. The molecule has 0 saturated heterocycles. The first-order valence-corrected chi connectivity index (χ1v) is 8.36. The third-order valence-electron chi connectivity index (χ3n) is 3.85. The molecule has 0 unspecified atom stereocenters. The molecule has 2 amide bonds. The van der Waals surface area contributed by atoms with Gasteiger partial charge in [-0.1, -0.05) is 44.2 Å². The summed E-state index contributed by atoms with van der Waals surface area (Å²) in [7, 11) is 0. The van der Waals surface area contributed by atoms with Crippen molar-refractivity contribution in [3.63, 3.8) is 0 Å². The van der Waals surface area contributed by atoms with Gasteiger partial charge in [0.15, 0.2) is 0 Å². The minimum atomic E-state index is -0.528. The van der Waals surface area contributed by atoms with Gasteiger partial charge in [0, 0.05) is 24.2 Å². The van der Waals surface area contributed by atoms with Gasteiger partial charge in [0.1, 0.15) is 0 Å². The van der Waals surface area contributed by atoms with Crippen LogP contribution < -0.4 is 5.73 Å². The standard InChI is InChI=1S/C20H24N2O2.ClH/c1-3-10-22(11-4-2)20(24)18-13-16(12-17(14-18)19(21)23)15-8-6-5-7-9-15;/h5-9,12-14H,3-4,10-11H2,1-2H3,(H2,21,23);1H. The van der Waals surface area contributed by atoms with Gasteiger partial charge in [0.25, 0.3) is 5.91 Å². The minimum Gasteiger partial charge on any atom is -0.366 e. The second-order valence-electron chi connectivity index (χ2n) is 5.82. The molecule has 0 bridgehead atoms. The van der Waals surface area contributed by atoms with Gasteiger partial charge < -0.3 is 10.6 Å². The first-order chi connectivity index (χ1) is 11.6. The predicted octanol–water partition coefficient (Wildman–Crippen LogP) is 4.14. The lowest BCUT2D eigenvalue weighted by Crippen LogP contribution is -2.32. The lowest BCUT2D eigenvalue weighted by atomic mass is 9.98. The van der Waals surface area contributed by atoms with Crippen molar-refractivity contribution in [1.82, 2.24) is 4.90 Å². The van der Waals surface area contributed by atoms with E-state index in [-0.39, 0.29) is 18.3 Å². The van der Waals surface area contributed by atoms with E-state index in [9.17, 15) is 9.59 Å². The van der Waals surface area contributed by atoms with Crippen LogP contribution in [0.15, 0.2) is 48.5 Å². The summed E-state index contributed by atoms with van der Waals surface area (Å²) < 4.78 is 0. The van der Waals surface area contributed by atoms with Crippen LogP contribution in [0.1, 0.15) is 47.4 Å². The van der Waals surface area contributed by atoms with E-state index < -0.39 is 5.91 Å². The van der Waals surface area contributed by atoms with E-state index in [1.807, 2.05) is 55.1 Å². The van der Waals surface area contributed by atoms with Crippen LogP contribution >= 0.6 is 12.4 Å². The number of carbonyl (C=O) groups is 2. The maximum atomic E-state index is 12.9. The van der Waals surface area contributed by atoms with Crippen molar-refractivity contribution < 1.29 is 9.59 Å². The lowest BCUT2D eigenvalue weighted by molar-refractivity contribution is 0.0755. The van der Waals surface area contributed by atoms with E-state index in [0.29, 0.717) is 24.2 Å². The van der Waals surface area contributed by atoms with E-state index in [2.05, 4.69) is 0 Å². The molecule has 0 radical (unpaired) electrons. The number of nitrogens with zero attached hydrogens (tertiary/aromatic N) is 1.